The van der Waals surface area contributed by atoms with Crippen LogP contribution in [0.15, 0.2) is 41.9 Å². The highest BCUT2D eigenvalue weighted by Gasteiger charge is 2.24. The molecule has 20 heavy (non-hydrogen) atoms. The van der Waals surface area contributed by atoms with Crippen LogP contribution >= 0.6 is 0 Å². The third-order valence-electron chi connectivity index (χ3n) is 3.63. The van der Waals surface area contributed by atoms with E-state index in [9.17, 15) is 0 Å². The molecule has 4 heteroatoms. The zero-order valence-corrected chi connectivity index (χ0v) is 12.4. The molecule has 1 atom stereocenters. The number of hydrogen-bond acceptors (Lipinski definition) is 2. The Morgan fingerprint density at radius 3 is 3.00 bits per heavy atom. The summed E-state index contributed by atoms with van der Waals surface area (Å²) in [5, 5.41) is 6.51. The predicted molar refractivity (Wildman–Crippen MR) is 86.5 cm³/mol. The molecule has 1 aliphatic heterocycles. The van der Waals surface area contributed by atoms with Crippen LogP contribution in [-0.4, -0.2) is 38.7 Å². The number of rotatable bonds is 5. The molecule has 4 nitrogen and oxygen atoms in total. The summed E-state index contributed by atoms with van der Waals surface area (Å²) in [6, 6.07) is 9.24. The highest BCUT2D eigenvalue weighted by molar-refractivity contribution is 5.79. The molecule has 0 amide bonds. The number of anilines is 1. The number of benzene rings is 1. The maximum Gasteiger partial charge on any atom is 0.191 e. The minimum absolute atomic E-state index is 0.567. The van der Waals surface area contributed by atoms with Gasteiger partial charge in [-0.3, -0.25) is 4.99 Å². The SMILES string of the molecule is C=CCNC(=NC)NCCN1c2ccccc2CC1C. The summed E-state index contributed by atoms with van der Waals surface area (Å²) >= 11 is 0. The summed E-state index contributed by atoms with van der Waals surface area (Å²) < 4.78 is 0. The molecule has 0 spiro atoms. The van der Waals surface area contributed by atoms with Crippen molar-refractivity contribution in [1.82, 2.24) is 10.6 Å². The molecule has 0 saturated carbocycles. The van der Waals surface area contributed by atoms with E-state index in [1.807, 2.05) is 6.08 Å². The van der Waals surface area contributed by atoms with E-state index < -0.39 is 0 Å². The fraction of sp³-hybridized carbons (Fsp3) is 0.438. The minimum Gasteiger partial charge on any atom is -0.367 e. The predicted octanol–water partition coefficient (Wildman–Crippen LogP) is 1.79. The lowest BCUT2D eigenvalue weighted by atomic mass is 10.1. The highest BCUT2D eigenvalue weighted by atomic mass is 15.2. The van der Waals surface area contributed by atoms with Crippen LogP contribution in [0.4, 0.5) is 5.69 Å². The number of nitrogens with one attached hydrogen (secondary N) is 2. The number of guanidine groups is 1. The van der Waals surface area contributed by atoms with Crippen molar-refractivity contribution in [2.75, 3.05) is 31.6 Å². The number of para-hydroxylation sites is 1. The monoisotopic (exact) mass is 272 g/mol. The van der Waals surface area contributed by atoms with Crippen LogP contribution in [0.1, 0.15) is 12.5 Å². The Kier molecular flexibility index (Phi) is 5.04. The van der Waals surface area contributed by atoms with Gasteiger partial charge in [0.2, 0.25) is 0 Å². The summed E-state index contributed by atoms with van der Waals surface area (Å²) in [4.78, 5) is 6.64. The van der Waals surface area contributed by atoms with E-state index in [4.69, 9.17) is 0 Å². The second-order valence-electron chi connectivity index (χ2n) is 5.04. The molecule has 0 fully saturated rings. The van der Waals surface area contributed by atoms with Gasteiger partial charge in [-0.2, -0.15) is 0 Å². The van der Waals surface area contributed by atoms with Gasteiger partial charge in [-0.1, -0.05) is 24.3 Å². The molecule has 1 heterocycles. The molecular formula is C16H24N4. The highest BCUT2D eigenvalue weighted by Crippen LogP contribution is 2.30. The van der Waals surface area contributed by atoms with Gasteiger partial charge in [-0.05, 0) is 25.0 Å². The van der Waals surface area contributed by atoms with Crippen molar-refractivity contribution >= 4 is 11.6 Å². The average Bonchev–Trinajstić information content (AvgIpc) is 2.78. The van der Waals surface area contributed by atoms with Crippen LogP contribution in [0.3, 0.4) is 0 Å². The number of hydrogen-bond donors (Lipinski definition) is 2. The van der Waals surface area contributed by atoms with Crippen LogP contribution in [0, 0.1) is 0 Å². The lowest BCUT2D eigenvalue weighted by Gasteiger charge is -2.25. The first-order valence-electron chi connectivity index (χ1n) is 7.16. The molecular weight excluding hydrogens is 248 g/mol. The molecule has 108 valence electrons. The van der Waals surface area contributed by atoms with E-state index in [1.54, 1.807) is 7.05 Å². The molecule has 0 saturated heterocycles. The fourth-order valence-electron chi connectivity index (χ4n) is 2.65. The Morgan fingerprint density at radius 2 is 2.25 bits per heavy atom. The van der Waals surface area contributed by atoms with Gasteiger partial charge in [0, 0.05) is 38.4 Å². The van der Waals surface area contributed by atoms with Crippen molar-refractivity contribution in [2.45, 2.75) is 19.4 Å². The Balaban J connectivity index is 1.87. The zero-order valence-electron chi connectivity index (χ0n) is 12.4. The summed E-state index contributed by atoms with van der Waals surface area (Å²) in [7, 11) is 1.78. The second-order valence-corrected chi connectivity index (χ2v) is 5.04. The van der Waals surface area contributed by atoms with Crippen LogP contribution < -0.4 is 15.5 Å². The Labute approximate surface area is 121 Å². The van der Waals surface area contributed by atoms with E-state index in [-0.39, 0.29) is 0 Å². The molecule has 0 aromatic heterocycles. The molecule has 0 bridgehead atoms. The number of nitrogens with zero attached hydrogens (tertiary/aromatic N) is 2. The topological polar surface area (TPSA) is 39.7 Å². The van der Waals surface area contributed by atoms with Gasteiger partial charge in [0.25, 0.3) is 0 Å². The largest absolute Gasteiger partial charge is 0.367 e. The first-order valence-corrected chi connectivity index (χ1v) is 7.16. The zero-order chi connectivity index (χ0) is 14.4. The molecule has 2 N–H and O–H groups in total. The van der Waals surface area contributed by atoms with Crippen LogP contribution in [0.25, 0.3) is 0 Å². The van der Waals surface area contributed by atoms with E-state index in [1.165, 1.54) is 11.3 Å². The average molecular weight is 272 g/mol. The van der Waals surface area contributed by atoms with Crippen LogP contribution in [0.5, 0.6) is 0 Å². The second kappa shape index (κ2) is 6.98. The molecule has 1 aromatic carbocycles. The summed E-state index contributed by atoms with van der Waals surface area (Å²) in [6.07, 6.45) is 2.96. The van der Waals surface area contributed by atoms with Gasteiger partial charge >= 0.3 is 0 Å². The maximum absolute atomic E-state index is 4.18. The third kappa shape index (κ3) is 3.32. The molecule has 0 radical (unpaired) electrons. The lowest BCUT2D eigenvalue weighted by Crippen LogP contribution is -2.42. The van der Waals surface area contributed by atoms with E-state index in [2.05, 4.69) is 58.3 Å². The normalized spacial score (nSPS) is 17.8. The Bertz CT molecular complexity index is 481. The van der Waals surface area contributed by atoms with Crippen molar-refractivity contribution in [3.8, 4) is 0 Å². The Morgan fingerprint density at radius 1 is 1.45 bits per heavy atom. The molecule has 1 aromatic rings. The number of fused-ring (bicyclic) bond motifs is 1. The van der Waals surface area contributed by atoms with Crippen LogP contribution in [-0.2, 0) is 6.42 Å². The van der Waals surface area contributed by atoms with Gasteiger partial charge in [-0.25, -0.2) is 0 Å². The van der Waals surface area contributed by atoms with Gasteiger partial charge in [0.05, 0.1) is 0 Å². The van der Waals surface area contributed by atoms with Gasteiger partial charge < -0.3 is 15.5 Å². The van der Waals surface area contributed by atoms with Crippen LogP contribution in [0.2, 0.25) is 0 Å². The van der Waals surface area contributed by atoms with Crippen molar-refractivity contribution in [2.24, 2.45) is 4.99 Å². The first-order chi connectivity index (χ1) is 9.76. The van der Waals surface area contributed by atoms with Crippen molar-refractivity contribution < 1.29 is 0 Å². The van der Waals surface area contributed by atoms with E-state index >= 15 is 0 Å². The van der Waals surface area contributed by atoms with Gasteiger partial charge in [0.15, 0.2) is 5.96 Å². The molecule has 1 unspecified atom stereocenters. The van der Waals surface area contributed by atoms with Crippen molar-refractivity contribution in [3.63, 3.8) is 0 Å². The van der Waals surface area contributed by atoms with E-state index in [0.29, 0.717) is 6.04 Å². The fourth-order valence-corrected chi connectivity index (χ4v) is 2.65. The van der Waals surface area contributed by atoms with Gasteiger partial charge in [-0.15, -0.1) is 6.58 Å². The maximum atomic E-state index is 4.18. The molecule has 2 rings (SSSR count). The van der Waals surface area contributed by atoms with Crippen molar-refractivity contribution in [3.05, 3.63) is 42.5 Å². The lowest BCUT2D eigenvalue weighted by molar-refractivity contribution is 0.658. The molecule has 1 aliphatic rings. The molecule has 0 aliphatic carbocycles. The quantitative estimate of drug-likeness (QED) is 0.488. The standard InChI is InChI=1S/C16H24N4/c1-4-9-18-16(17-3)19-10-11-20-13(2)12-14-7-5-6-8-15(14)20/h4-8,13H,1,9-12H2,2-3H3,(H2,17,18,19). The minimum atomic E-state index is 0.567. The van der Waals surface area contributed by atoms with Gasteiger partial charge in [0.1, 0.15) is 0 Å². The smallest absolute Gasteiger partial charge is 0.191 e. The number of aliphatic imine (C=N–C) groups is 1. The summed E-state index contributed by atoms with van der Waals surface area (Å²) in [5.41, 5.74) is 2.82. The summed E-state index contributed by atoms with van der Waals surface area (Å²) in [6.45, 7) is 8.55. The Hall–Kier alpha value is -1.97. The first kappa shape index (κ1) is 14.4. The van der Waals surface area contributed by atoms with E-state index in [0.717, 1.165) is 32.0 Å². The van der Waals surface area contributed by atoms with Crippen molar-refractivity contribution in [1.29, 1.82) is 0 Å². The summed E-state index contributed by atoms with van der Waals surface area (Å²) in [5.74, 6) is 0.824. The third-order valence-corrected chi connectivity index (χ3v) is 3.63.